The Hall–Kier alpha value is -2.28. The van der Waals surface area contributed by atoms with Gasteiger partial charge in [0.25, 0.3) is 0 Å². The predicted molar refractivity (Wildman–Crippen MR) is 99.2 cm³/mol. The first-order chi connectivity index (χ1) is 11.4. The van der Waals surface area contributed by atoms with Crippen LogP contribution in [0.2, 0.25) is 0 Å². The van der Waals surface area contributed by atoms with Gasteiger partial charge in [0, 0.05) is 11.9 Å². The molecule has 7 heteroatoms. The van der Waals surface area contributed by atoms with Gasteiger partial charge in [0.2, 0.25) is 5.91 Å². The molecule has 0 aliphatic carbocycles. The molecular weight excluding hydrogens is 321 g/mol. The molecule has 1 fully saturated rings. The maximum absolute atomic E-state index is 13.0. The van der Waals surface area contributed by atoms with E-state index in [1.165, 1.54) is 4.90 Å². The molecule has 2 N–H and O–H groups in total. The second-order valence-electron chi connectivity index (χ2n) is 6.27. The molecule has 2 aromatic rings. The van der Waals surface area contributed by atoms with E-state index in [0.717, 1.165) is 21.7 Å². The summed E-state index contributed by atoms with van der Waals surface area (Å²) < 4.78 is 5.22. The lowest BCUT2D eigenvalue weighted by molar-refractivity contribution is -0.131. The summed E-state index contributed by atoms with van der Waals surface area (Å²) in [5.74, 6) is 0.376. The molecule has 2 atom stereocenters. The number of methoxy groups -OCH3 is 1. The van der Waals surface area contributed by atoms with Crippen molar-refractivity contribution < 1.29 is 9.53 Å². The molecule has 2 heterocycles. The lowest BCUT2D eigenvalue weighted by Gasteiger charge is -2.45. The Morgan fingerprint density at radius 1 is 1.38 bits per heavy atom. The number of hydrogen-bond acceptors (Lipinski definition) is 4. The maximum Gasteiger partial charge on any atom is 0.239 e. The SMILES string of the molecule is Bc1csc([C@@]2(C)NC(=N)N(C)C(=O)[C@H]2c2ccc(OC)cc2)c1. The highest BCUT2D eigenvalue weighted by molar-refractivity contribution is 7.11. The molecule has 124 valence electrons. The van der Waals surface area contributed by atoms with E-state index in [1.807, 2.05) is 39.0 Å². The summed E-state index contributed by atoms with van der Waals surface area (Å²) in [7, 11) is 5.29. The molecule has 1 aliphatic rings. The first kappa shape index (κ1) is 16.6. The number of likely N-dealkylation sites (N-methyl/N-ethyl adjacent to an activating group) is 1. The lowest BCUT2D eigenvalue weighted by Crippen LogP contribution is -2.62. The molecule has 0 bridgehead atoms. The van der Waals surface area contributed by atoms with Gasteiger partial charge in [-0.3, -0.25) is 15.1 Å². The van der Waals surface area contributed by atoms with Gasteiger partial charge in [0.15, 0.2) is 5.96 Å². The zero-order valence-electron chi connectivity index (χ0n) is 14.2. The number of guanidine groups is 1. The van der Waals surface area contributed by atoms with Crippen LogP contribution in [0.5, 0.6) is 5.75 Å². The van der Waals surface area contributed by atoms with Gasteiger partial charge in [-0.1, -0.05) is 23.7 Å². The summed E-state index contributed by atoms with van der Waals surface area (Å²) in [4.78, 5) is 15.4. The van der Waals surface area contributed by atoms with Crippen molar-refractivity contribution in [2.24, 2.45) is 0 Å². The maximum atomic E-state index is 13.0. The summed E-state index contributed by atoms with van der Waals surface area (Å²) in [5, 5.41) is 13.4. The van der Waals surface area contributed by atoms with Gasteiger partial charge in [0.05, 0.1) is 18.6 Å². The van der Waals surface area contributed by atoms with E-state index in [4.69, 9.17) is 10.1 Å². The van der Waals surface area contributed by atoms with Gasteiger partial charge in [0.1, 0.15) is 13.6 Å². The number of amides is 1. The third-order valence-electron chi connectivity index (χ3n) is 4.56. The van der Waals surface area contributed by atoms with Crippen molar-refractivity contribution in [1.82, 2.24) is 10.2 Å². The molecule has 0 unspecified atom stereocenters. The topological polar surface area (TPSA) is 65.4 Å². The fourth-order valence-corrected chi connectivity index (χ4v) is 4.18. The van der Waals surface area contributed by atoms with E-state index in [1.54, 1.807) is 25.5 Å². The molecule has 1 amide bonds. The Kier molecular flexibility index (Phi) is 4.13. The second-order valence-corrected chi connectivity index (χ2v) is 7.18. The fraction of sp³-hybridized carbons (Fsp3) is 0.294. The third-order valence-corrected chi connectivity index (χ3v) is 5.85. The number of thiophene rings is 1. The molecular formula is C17H20BN3O2S. The summed E-state index contributed by atoms with van der Waals surface area (Å²) in [6, 6.07) is 9.65. The van der Waals surface area contributed by atoms with Crippen LogP contribution in [0.15, 0.2) is 35.7 Å². The summed E-state index contributed by atoms with van der Waals surface area (Å²) in [6.07, 6.45) is 0. The molecule has 5 nitrogen and oxygen atoms in total. The number of carbonyl (C=O) groups is 1. The highest BCUT2D eigenvalue weighted by atomic mass is 32.1. The van der Waals surface area contributed by atoms with Gasteiger partial charge >= 0.3 is 0 Å². The molecule has 1 aliphatic heterocycles. The fourth-order valence-electron chi connectivity index (χ4n) is 3.13. The average Bonchev–Trinajstić information content (AvgIpc) is 3.01. The molecule has 0 saturated carbocycles. The molecule has 0 spiro atoms. The summed E-state index contributed by atoms with van der Waals surface area (Å²) in [6.45, 7) is 1.99. The van der Waals surface area contributed by atoms with Crippen molar-refractivity contribution in [3.05, 3.63) is 46.2 Å². The van der Waals surface area contributed by atoms with E-state index >= 15 is 0 Å². The van der Waals surface area contributed by atoms with E-state index in [-0.39, 0.29) is 11.9 Å². The number of rotatable bonds is 3. The van der Waals surface area contributed by atoms with Crippen molar-refractivity contribution >= 4 is 36.5 Å². The van der Waals surface area contributed by atoms with Crippen molar-refractivity contribution in [3.63, 3.8) is 0 Å². The smallest absolute Gasteiger partial charge is 0.239 e. The lowest BCUT2D eigenvalue weighted by atomic mass is 9.76. The Balaban J connectivity index is 2.12. The minimum atomic E-state index is -0.659. The number of benzene rings is 1. The van der Waals surface area contributed by atoms with Crippen LogP contribution in [0.3, 0.4) is 0 Å². The van der Waals surface area contributed by atoms with Crippen LogP contribution in [0.4, 0.5) is 0 Å². The highest BCUT2D eigenvalue weighted by Crippen LogP contribution is 2.42. The minimum absolute atomic E-state index is 0.0857. The van der Waals surface area contributed by atoms with Gasteiger partial charge in [-0.2, -0.15) is 0 Å². The molecule has 1 aromatic carbocycles. The molecule has 1 saturated heterocycles. The summed E-state index contributed by atoms with van der Waals surface area (Å²) in [5.41, 5.74) is 1.40. The van der Waals surface area contributed by atoms with E-state index in [2.05, 4.69) is 16.8 Å². The van der Waals surface area contributed by atoms with Crippen LogP contribution in [0.25, 0.3) is 0 Å². The number of nitrogens with one attached hydrogen (secondary N) is 2. The van der Waals surface area contributed by atoms with Crippen LogP contribution in [0.1, 0.15) is 23.3 Å². The van der Waals surface area contributed by atoms with Crippen LogP contribution in [-0.4, -0.2) is 38.8 Å². The summed E-state index contributed by atoms with van der Waals surface area (Å²) >= 11 is 1.61. The van der Waals surface area contributed by atoms with Crippen molar-refractivity contribution in [2.75, 3.05) is 14.2 Å². The molecule has 0 radical (unpaired) electrons. The first-order valence-corrected chi connectivity index (χ1v) is 8.58. The van der Waals surface area contributed by atoms with Crippen molar-refractivity contribution in [3.8, 4) is 5.75 Å². The van der Waals surface area contributed by atoms with Gasteiger partial charge in [-0.05, 0) is 30.0 Å². The van der Waals surface area contributed by atoms with E-state index < -0.39 is 11.5 Å². The highest BCUT2D eigenvalue weighted by Gasteiger charge is 2.48. The average molecular weight is 341 g/mol. The number of hydrogen-bond donors (Lipinski definition) is 2. The van der Waals surface area contributed by atoms with Gasteiger partial charge < -0.3 is 10.1 Å². The Bertz CT molecular complexity index is 789. The van der Waals surface area contributed by atoms with Crippen LogP contribution < -0.4 is 15.5 Å². The number of carbonyl (C=O) groups excluding carboxylic acids is 1. The molecule has 1 aromatic heterocycles. The number of nitrogens with zero attached hydrogens (tertiary/aromatic N) is 1. The Morgan fingerprint density at radius 2 is 2.04 bits per heavy atom. The quantitative estimate of drug-likeness (QED) is 0.819. The van der Waals surface area contributed by atoms with Crippen molar-refractivity contribution in [1.29, 1.82) is 5.41 Å². The van der Waals surface area contributed by atoms with Gasteiger partial charge in [-0.15, -0.1) is 11.3 Å². The third kappa shape index (κ3) is 2.58. The monoisotopic (exact) mass is 341 g/mol. The zero-order chi connectivity index (χ0) is 17.5. The van der Waals surface area contributed by atoms with Gasteiger partial charge in [-0.25, -0.2) is 0 Å². The van der Waals surface area contributed by atoms with Crippen LogP contribution in [-0.2, 0) is 10.3 Å². The standard InChI is InChI=1S/C17H20BN3O2S/c1-17(13-8-11(18)9-24-13)14(15(22)21(2)16(19)20-17)10-4-6-12(23-3)7-5-10/h4-9,14H,18H2,1-3H3,(H2,19,20)/t14-,17-/m1/s1. The Labute approximate surface area is 146 Å². The largest absolute Gasteiger partial charge is 0.497 e. The van der Waals surface area contributed by atoms with E-state index in [0.29, 0.717) is 0 Å². The Morgan fingerprint density at radius 3 is 2.58 bits per heavy atom. The minimum Gasteiger partial charge on any atom is -0.497 e. The first-order valence-electron chi connectivity index (χ1n) is 7.70. The second kappa shape index (κ2) is 5.98. The molecule has 3 rings (SSSR count). The van der Waals surface area contributed by atoms with Crippen molar-refractivity contribution in [2.45, 2.75) is 18.4 Å². The van der Waals surface area contributed by atoms with Crippen LogP contribution in [0, 0.1) is 5.41 Å². The van der Waals surface area contributed by atoms with Crippen LogP contribution >= 0.6 is 11.3 Å². The van der Waals surface area contributed by atoms with E-state index in [9.17, 15) is 4.79 Å². The zero-order valence-corrected chi connectivity index (χ0v) is 15.0. The predicted octanol–water partition coefficient (Wildman–Crippen LogP) is 1.01. The molecule has 24 heavy (non-hydrogen) atoms. The normalized spacial score (nSPS) is 24.0. The number of ether oxygens (including phenoxy) is 1.